The van der Waals surface area contributed by atoms with Gasteiger partial charge in [-0.05, 0) is 114 Å². The van der Waals surface area contributed by atoms with Crippen molar-refractivity contribution in [2.45, 2.75) is 78.1 Å². The number of hydrogen-bond acceptors (Lipinski definition) is 7. The minimum atomic E-state index is -0.297. The molecule has 0 unspecified atom stereocenters. The van der Waals surface area contributed by atoms with Gasteiger partial charge in [0.15, 0.2) is 0 Å². The van der Waals surface area contributed by atoms with E-state index in [9.17, 15) is 14.7 Å². The van der Waals surface area contributed by atoms with Gasteiger partial charge in [-0.3, -0.25) is 9.59 Å². The van der Waals surface area contributed by atoms with E-state index in [0.717, 1.165) is 71.7 Å². The fourth-order valence-electron chi connectivity index (χ4n) is 6.66. The zero-order chi connectivity index (χ0) is 30.8. The van der Waals surface area contributed by atoms with Gasteiger partial charge in [-0.15, -0.1) is 0 Å². The van der Waals surface area contributed by atoms with Crippen molar-refractivity contribution in [3.8, 4) is 11.1 Å². The molecule has 1 aliphatic heterocycles. The summed E-state index contributed by atoms with van der Waals surface area (Å²) in [6, 6.07) is 11.1. The number of pyridine rings is 2. The van der Waals surface area contributed by atoms with Crippen LogP contribution in [-0.2, 0) is 6.54 Å². The van der Waals surface area contributed by atoms with Gasteiger partial charge in [-0.1, -0.05) is 0 Å². The quantitative estimate of drug-likeness (QED) is 0.346. The lowest BCUT2D eigenvalue weighted by atomic mass is 9.88. The topological polar surface area (TPSA) is 105 Å². The maximum Gasteiger partial charge on any atom is 0.253 e. The first-order valence-electron chi connectivity index (χ1n) is 15.5. The molecule has 5 rings (SSSR count). The minimum absolute atomic E-state index is 0.156. The highest BCUT2D eigenvalue weighted by atomic mass is 16.3. The Labute approximate surface area is 254 Å². The number of rotatable bonds is 9. The molecule has 9 nitrogen and oxygen atoms in total. The van der Waals surface area contributed by atoms with Crippen molar-refractivity contribution in [2.75, 3.05) is 43.5 Å². The molecule has 0 atom stereocenters. The largest absolute Gasteiger partial charge is 0.389 e. The van der Waals surface area contributed by atoms with Crippen molar-refractivity contribution >= 4 is 17.4 Å². The fourth-order valence-corrected chi connectivity index (χ4v) is 6.66. The molecule has 3 heterocycles. The number of H-pyrrole nitrogens is 1. The molecule has 0 radical (unpaired) electrons. The van der Waals surface area contributed by atoms with Crippen molar-refractivity contribution in [3.63, 3.8) is 0 Å². The molecule has 2 aliphatic rings. The van der Waals surface area contributed by atoms with E-state index in [1.165, 1.54) is 0 Å². The lowest BCUT2D eigenvalue weighted by Gasteiger charge is -2.40. The predicted molar refractivity (Wildman–Crippen MR) is 173 cm³/mol. The summed E-state index contributed by atoms with van der Waals surface area (Å²) < 4.78 is 0. The molecule has 230 valence electrons. The number of carbonyl (C=O) groups is 1. The first-order valence-corrected chi connectivity index (χ1v) is 15.5. The normalized spacial score (nSPS) is 18.9. The Balaban J connectivity index is 1.48. The predicted octanol–water partition coefficient (Wildman–Crippen LogP) is 4.17. The highest BCUT2D eigenvalue weighted by Crippen LogP contribution is 2.36. The molecule has 2 fully saturated rings. The third-order valence-corrected chi connectivity index (χ3v) is 9.30. The summed E-state index contributed by atoms with van der Waals surface area (Å²) in [5.74, 6) is 0.636. The molecule has 3 aromatic rings. The Bertz CT molecular complexity index is 1500. The molecule has 43 heavy (non-hydrogen) atoms. The van der Waals surface area contributed by atoms with Crippen molar-refractivity contribution in [2.24, 2.45) is 0 Å². The molecule has 1 aromatic carbocycles. The van der Waals surface area contributed by atoms with Crippen molar-refractivity contribution in [3.05, 3.63) is 74.8 Å². The van der Waals surface area contributed by atoms with E-state index < -0.39 is 0 Å². The van der Waals surface area contributed by atoms with Crippen LogP contribution in [0.1, 0.15) is 65.3 Å². The number of aliphatic hydroxyl groups excluding tert-OH is 1. The summed E-state index contributed by atoms with van der Waals surface area (Å²) in [5.41, 5.74) is 6.52. The molecular weight excluding hydrogens is 540 g/mol. The van der Waals surface area contributed by atoms with Crippen LogP contribution in [0.4, 0.5) is 11.5 Å². The van der Waals surface area contributed by atoms with E-state index in [2.05, 4.69) is 52.2 Å². The second-order valence-electron chi connectivity index (χ2n) is 12.5. The van der Waals surface area contributed by atoms with Gasteiger partial charge in [0.1, 0.15) is 5.82 Å². The summed E-state index contributed by atoms with van der Waals surface area (Å²) >= 11 is 0. The van der Waals surface area contributed by atoms with Gasteiger partial charge in [0, 0.05) is 72.5 Å². The van der Waals surface area contributed by atoms with Crippen LogP contribution in [0.25, 0.3) is 11.1 Å². The number of carbonyl (C=O) groups excluding carboxylic acids is 1. The molecule has 0 spiro atoms. The molecular formula is C34H46N6O3. The maximum absolute atomic E-state index is 13.8. The third-order valence-electron chi connectivity index (χ3n) is 9.30. The van der Waals surface area contributed by atoms with Crippen LogP contribution in [0.15, 0.2) is 41.3 Å². The standard InChI is InChI=1S/C34H46N6O3/c1-7-40(27-11-9-26(10-12-27)38(5)6)31-16-25(24-8-13-32(35-17-24)39-19-28(41)20-39)15-29(23(31)4)33(42)36-18-30-21(2)14-22(3)37-34(30)43/h8,13-17,26-28,41H,7,9-12,18-20H2,1-6H3,(H,36,42)(H,37,43)/t26-,27-. The number of nitrogens with one attached hydrogen (secondary N) is 2. The third kappa shape index (κ3) is 6.63. The number of aliphatic hydroxyl groups is 1. The molecule has 9 heteroatoms. The molecule has 0 bridgehead atoms. The number of benzene rings is 1. The van der Waals surface area contributed by atoms with E-state index >= 15 is 0 Å². The molecule has 1 amide bonds. The van der Waals surface area contributed by atoms with Crippen molar-refractivity contribution in [1.29, 1.82) is 0 Å². The number of anilines is 2. The molecule has 1 saturated carbocycles. The Morgan fingerprint density at radius 3 is 2.33 bits per heavy atom. The number of aromatic amines is 1. The second kappa shape index (κ2) is 12.9. The van der Waals surface area contributed by atoms with Crippen LogP contribution >= 0.6 is 0 Å². The fraction of sp³-hybridized carbons (Fsp3) is 0.500. The Kier molecular flexibility index (Phi) is 9.22. The van der Waals surface area contributed by atoms with Crippen LogP contribution in [0.5, 0.6) is 0 Å². The minimum Gasteiger partial charge on any atom is -0.389 e. The number of hydrogen-bond donors (Lipinski definition) is 3. The van der Waals surface area contributed by atoms with Crippen LogP contribution in [-0.4, -0.2) is 77.8 Å². The number of β-amino-alcohol motifs (C(OH)–C–C–N with tert-alkyl or cyclic N) is 1. The molecule has 3 N–H and O–H groups in total. The summed E-state index contributed by atoms with van der Waals surface area (Å²) in [6.45, 7) is 10.2. The summed E-state index contributed by atoms with van der Waals surface area (Å²) in [7, 11) is 4.33. The Hall–Kier alpha value is -3.69. The van der Waals surface area contributed by atoms with Crippen LogP contribution < -0.4 is 20.7 Å². The number of aryl methyl sites for hydroxylation is 2. The highest BCUT2D eigenvalue weighted by molar-refractivity contribution is 5.99. The average molecular weight is 587 g/mol. The van der Waals surface area contributed by atoms with Gasteiger partial charge in [-0.2, -0.15) is 0 Å². The van der Waals surface area contributed by atoms with E-state index in [1.54, 1.807) is 0 Å². The van der Waals surface area contributed by atoms with Crippen molar-refractivity contribution < 1.29 is 9.90 Å². The van der Waals surface area contributed by atoms with Gasteiger partial charge in [0.05, 0.1) is 6.10 Å². The zero-order valence-electron chi connectivity index (χ0n) is 26.4. The molecule has 2 aromatic heterocycles. The Morgan fingerprint density at radius 1 is 1.05 bits per heavy atom. The smallest absolute Gasteiger partial charge is 0.253 e. The number of aromatic nitrogens is 2. The summed E-state index contributed by atoms with van der Waals surface area (Å²) in [5, 5.41) is 12.7. The molecule has 1 saturated heterocycles. The van der Waals surface area contributed by atoms with E-state index in [0.29, 0.717) is 36.3 Å². The monoisotopic (exact) mass is 586 g/mol. The molecule has 1 aliphatic carbocycles. The van der Waals surface area contributed by atoms with Gasteiger partial charge in [-0.25, -0.2) is 4.98 Å². The van der Waals surface area contributed by atoms with Gasteiger partial charge in [0.25, 0.3) is 11.5 Å². The summed E-state index contributed by atoms with van der Waals surface area (Å²) in [4.78, 5) is 40.8. The van der Waals surface area contributed by atoms with Gasteiger partial charge >= 0.3 is 0 Å². The Morgan fingerprint density at radius 2 is 1.74 bits per heavy atom. The van der Waals surface area contributed by atoms with E-state index in [1.807, 2.05) is 56.1 Å². The van der Waals surface area contributed by atoms with Gasteiger partial charge < -0.3 is 30.1 Å². The lowest BCUT2D eigenvalue weighted by Crippen LogP contribution is -2.51. The average Bonchev–Trinajstić information content (AvgIpc) is 2.96. The summed E-state index contributed by atoms with van der Waals surface area (Å²) in [6.07, 6.45) is 6.08. The number of nitrogens with zero attached hydrogens (tertiary/aromatic N) is 4. The van der Waals surface area contributed by atoms with Crippen LogP contribution in [0, 0.1) is 20.8 Å². The maximum atomic E-state index is 13.8. The zero-order valence-corrected chi connectivity index (χ0v) is 26.4. The lowest BCUT2D eigenvalue weighted by molar-refractivity contribution is 0.0950. The van der Waals surface area contributed by atoms with Crippen LogP contribution in [0.3, 0.4) is 0 Å². The van der Waals surface area contributed by atoms with Crippen molar-refractivity contribution in [1.82, 2.24) is 20.2 Å². The number of amides is 1. The van der Waals surface area contributed by atoms with E-state index in [-0.39, 0.29) is 24.1 Å². The SMILES string of the molecule is CCN(c1cc(-c2ccc(N3CC(O)C3)nc2)cc(C(=O)NCc2c(C)cc(C)[nH]c2=O)c1C)[C@H]1CC[C@H](N(C)C)CC1. The first-order chi connectivity index (χ1) is 20.5. The van der Waals surface area contributed by atoms with Gasteiger partial charge in [0.2, 0.25) is 0 Å². The highest BCUT2D eigenvalue weighted by Gasteiger charge is 2.29. The second-order valence-corrected chi connectivity index (χ2v) is 12.5. The van der Waals surface area contributed by atoms with E-state index in [4.69, 9.17) is 0 Å². The first kappa shape index (κ1) is 30.8. The van der Waals surface area contributed by atoms with Crippen LogP contribution in [0.2, 0.25) is 0 Å².